The molecule has 0 aliphatic rings. The third kappa shape index (κ3) is 9.54. The Bertz CT molecular complexity index is 1660. The van der Waals surface area contributed by atoms with Gasteiger partial charge in [-0.25, -0.2) is 0 Å². The van der Waals surface area contributed by atoms with Gasteiger partial charge in [-0.3, -0.25) is 4.79 Å². The van der Waals surface area contributed by atoms with E-state index >= 15 is 0 Å². The minimum atomic E-state index is -1.49. The van der Waals surface area contributed by atoms with Gasteiger partial charge in [0.1, 0.15) is 16.8 Å². The molecule has 0 fully saturated rings. The number of ketones is 1. The van der Waals surface area contributed by atoms with Crippen LogP contribution in [0.2, 0.25) is 0 Å². The van der Waals surface area contributed by atoms with Crippen molar-refractivity contribution in [3.8, 4) is 23.0 Å². The summed E-state index contributed by atoms with van der Waals surface area (Å²) >= 11 is 1.02. The molecule has 4 aromatic rings. The van der Waals surface area contributed by atoms with Gasteiger partial charge in [-0.15, -0.1) is 0 Å². The van der Waals surface area contributed by atoms with Crippen LogP contribution < -0.4 is 53.6 Å². The van der Waals surface area contributed by atoms with Gasteiger partial charge in [0.2, 0.25) is 5.75 Å². The molecule has 11 heteroatoms. The van der Waals surface area contributed by atoms with Gasteiger partial charge in [-0.05, 0) is 115 Å². The average Bonchev–Trinajstić information content (AvgIpc) is 3.41. The molecule has 238 valence electrons. The van der Waals surface area contributed by atoms with Crippen molar-refractivity contribution in [1.29, 1.82) is 0 Å². The Morgan fingerprint density at radius 3 is 1.74 bits per heavy atom. The van der Waals surface area contributed by atoms with Crippen molar-refractivity contribution in [2.75, 3.05) is 0 Å². The van der Waals surface area contributed by atoms with E-state index < -0.39 is 11.8 Å². The summed E-state index contributed by atoms with van der Waals surface area (Å²) in [6, 6.07) is 15.1. The Morgan fingerprint density at radius 2 is 1.22 bits per heavy atom. The van der Waals surface area contributed by atoms with Crippen LogP contribution in [0.15, 0.2) is 60.2 Å². The minimum Gasteiger partial charge on any atom is -0.545 e. The molecule has 1 heterocycles. The Morgan fingerprint density at radius 1 is 0.696 bits per heavy atom. The molecule has 0 radical (unpaired) electrons. The van der Waals surface area contributed by atoms with Crippen LogP contribution >= 0.6 is 11.7 Å². The smallest absolute Gasteiger partial charge is 0.545 e. The number of aromatic nitrogens is 2. The number of nitrogens with zero attached hydrogens (tertiary/aromatic N) is 2. The van der Waals surface area contributed by atoms with Gasteiger partial charge >= 0.3 is 29.6 Å². The third-order valence-corrected chi connectivity index (χ3v) is 6.91. The molecule has 0 saturated carbocycles. The van der Waals surface area contributed by atoms with E-state index in [0.717, 1.165) is 11.7 Å². The number of aliphatic carboxylic acids is 1. The summed E-state index contributed by atoms with van der Waals surface area (Å²) < 4.78 is 32.6. The fourth-order valence-electron chi connectivity index (χ4n) is 4.74. The molecule has 0 unspecified atom stereocenters. The number of carbonyl (C=O) groups excluding carboxylic acids is 2. The average molecular weight is 655 g/mol. The summed E-state index contributed by atoms with van der Waals surface area (Å²) in [4.78, 5) is 27.1. The number of Topliss-reactive ketones (excluding diaryl/α,β-unsaturated/α-hetero) is 1. The molecular formula is C35H39N2NaO7S. The Kier molecular flexibility index (Phi) is 13.2. The van der Waals surface area contributed by atoms with Crippen molar-refractivity contribution in [3.05, 3.63) is 76.9 Å². The molecule has 0 aliphatic carbocycles. The summed E-state index contributed by atoms with van der Waals surface area (Å²) in [5.41, 5.74) is 2.12. The van der Waals surface area contributed by atoms with Crippen LogP contribution in [0.5, 0.6) is 23.0 Å². The van der Waals surface area contributed by atoms with Gasteiger partial charge in [-0.2, -0.15) is 8.75 Å². The molecule has 0 bridgehead atoms. The first-order valence-corrected chi connectivity index (χ1v) is 15.7. The molecule has 46 heavy (non-hydrogen) atoms. The molecule has 9 nitrogen and oxygen atoms in total. The quantitative estimate of drug-likeness (QED) is 0.114. The summed E-state index contributed by atoms with van der Waals surface area (Å²) in [6.07, 6.45) is -0.664. The second-order valence-corrected chi connectivity index (χ2v) is 12.3. The second kappa shape index (κ2) is 16.4. The first-order valence-electron chi connectivity index (χ1n) is 15.0. The van der Waals surface area contributed by atoms with E-state index in [2.05, 4.69) is 8.75 Å². The largest absolute Gasteiger partial charge is 1.00 e. The van der Waals surface area contributed by atoms with Gasteiger partial charge < -0.3 is 28.8 Å². The normalized spacial score (nSPS) is 11.9. The number of carboxylic acid groups (broad SMARTS) is 1. The van der Waals surface area contributed by atoms with E-state index in [1.165, 1.54) is 0 Å². The zero-order valence-corrected chi connectivity index (χ0v) is 30.7. The number of fused-ring (bicyclic) bond motifs is 1. The molecule has 0 amide bonds. The Balaban J connectivity index is 0.00000576. The molecular weight excluding hydrogens is 615 g/mol. The maximum atomic E-state index is 14.3. The van der Waals surface area contributed by atoms with Crippen molar-refractivity contribution in [2.45, 2.75) is 86.2 Å². The van der Waals surface area contributed by atoms with Crippen molar-refractivity contribution >= 4 is 40.1 Å². The van der Waals surface area contributed by atoms with Crippen LogP contribution in [0.25, 0.3) is 16.6 Å². The zero-order valence-electron chi connectivity index (χ0n) is 27.9. The Labute approximate surface area is 296 Å². The van der Waals surface area contributed by atoms with Crippen molar-refractivity contribution in [3.63, 3.8) is 0 Å². The van der Waals surface area contributed by atoms with Crippen molar-refractivity contribution in [1.82, 2.24) is 8.75 Å². The monoisotopic (exact) mass is 654 g/mol. The molecule has 0 N–H and O–H groups in total. The van der Waals surface area contributed by atoms with E-state index in [-0.39, 0.29) is 77.1 Å². The number of rotatable bonds is 14. The number of hydrogen-bond donors (Lipinski definition) is 0. The predicted octanol–water partition coefficient (Wildman–Crippen LogP) is 3.47. The summed E-state index contributed by atoms with van der Waals surface area (Å²) in [6.45, 7) is 15.2. The zero-order chi connectivity index (χ0) is 32.8. The van der Waals surface area contributed by atoms with Gasteiger partial charge in [0.25, 0.3) is 0 Å². The number of benzene rings is 3. The number of hydrogen-bond acceptors (Lipinski definition) is 10. The van der Waals surface area contributed by atoms with Crippen molar-refractivity contribution < 1.29 is 63.2 Å². The third-order valence-electron chi connectivity index (χ3n) is 6.35. The fourth-order valence-corrected chi connectivity index (χ4v) is 5.26. The van der Waals surface area contributed by atoms with Crippen LogP contribution in [-0.4, -0.2) is 44.9 Å². The Hall–Kier alpha value is -3.44. The summed E-state index contributed by atoms with van der Waals surface area (Å²) in [5.74, 6) is -0.0620. The minimum absolute atomic E-state index is 0. The topological polar surface area (TPSA) is 120 Å². The molecule has 3 aromatic carbocycles. The summed E-state index contributed by atoms with van der Waals surface area (Å²) in [7, 11) is 0. The van der Waals surface area contributed by atoms with E-state index in [0.29, 0.717) is 45.2 Å². The van der Waals surface area contributed by atoms with E-state index in [9.17, 15) is 14.7 Å². The summed E-state index contributed by atoms with van der Waals surface area (Å²) in [5, 5.41) is 12.9. The maximum Gasteiger partial charge on any atom is 1.00 e. The van der Waals surface area contributed by atoms with Crippen LogP contribution in [0.1, 0.15) is 76.9 Å². The predicted molar refractivity (Wildman–Crippen MR) is 173 cm³/mol. The van der Waals surface area contributed by atoms with Crippen LogP contribution in [-0.2, 0) is 11.2 Å². The van der Waals surface area contributed by atoms with E-state index in [1.807, 2.05) is 55.4 Å². The molecule has 0 spiro atoms. The van der Waals surface area contributed by atoms with E-state index in [4.69, 9.17) is 18.9 Å². The second-order valence-electron chi connectivity index (χ2n) is 11.7. The first-order chi connectivity index (χ1) is 21.3. The standard InChI is InChI=1S/C35H40N2O7S.Na/c1-19(2)41-26-12-9-24(10-13-26)33(38)27(32(35(39)40)25-11-14-28-29(18-25)37-45-36-28)15-23-16-30(42-20(3)4)34(44-22(7)8)31(17-23)43-21(5)6;/h9-14,16-22H,15H2,1-8H3,(H,39,40);/q;+1/p-1. The number of allylic oxidation sites excluding steroid dienone is 1. The number of carboxylic acids is 1. The van der Waals surface area contributed by atoms with Crippen LogP contribution in [0.3, 0.4) is 0 Å². The SMILES string of the molecule is CC(C)Oc1ccc(C(=O)C(Cc2cc(OC(C)C)c(OC(C)C)c(OC(C)C)c2)=C(C(=O)[O-])c2ccc3nsnc3c2)cc1.[Na+]. The molecule has 0 saturated heterocycles. The van der Waals surface area contributed by atoms with Crippen LogP contribution in [0, 0.1) is 0 Å². The molecule has 0 atom stereocenters. The van der Waals surface area contributed by atoms with Gasteiger partial charge in [0.15, 0.2) is 17.3 Å². The van der Waals surface area contributed by atoms with Crippen molar-refractivity contribution in [2.24, 2.45) is 0 Å². The first kappa shape index (κ1) is 37.0. The molecule has 0 aliphatic heterocycles. The van der Waals surface area contributed by atoms with Crippen LogP contribution in [0.4, 0.5) is 0 Å². The van der Waals surface area contributed by atoms with Gasteiger partial charge in [0.05, 0.1) is 42.1 Å². The maximum absolute atomic E-state index is 14.3. The van der Waals surface area contributed by atoms with E-state index in [1.54, 1.807) is 54.6 Å². The van der Waals surface area contributed by atoms with Gasteiger partial charge in [-0.1, -0.05) is 6.07 Å². The van der Waals surface area contributed by atoms with Gasteiger partial charge in [0, 0.05) is 23.1 Å². The molecule has 1 aromatic heterocycles. The number of ether oxygens (including phenoxy) is 4. The fraction of sp³-hybridized carbons (Fsp3) is 0.371. The molecule has 4 rings (SSSR count). The number of carbonyl (C=O) groups is 2.